The molecule has 1 N–H and O–H groups in total. The average Bonchev–Trinajstić information content (AvgIpc) is 3.22. The van der Waals surface area contributed by atoms with Crippen molar-refractivity contribution < 1.29 is 4.79 Å². The molecule has 1 saturated carbocycles. The van der Waals surface area contributed by atoms with Crippen molar-refractivity contribution in [2.75, 3.05) is 32.7 Å². The molecule has 2 fully saturated rings. The summed E-state index contributed by atoms with van der Waals surface area (Å²) in [5.74, 6) is 0.165. The van der Waals surface area contributed by atoms with E-state index in [2.05, 4.69) is 28.6 Å². The van der Waals surface area contributed by atoms with Crippen LogP contribution in [-0.4, -0.2) is 60.5 Å². The number of likely N-dealkylation sites (N-methyl/N-ethyl adjacent to an activating group) is 1. The van der Waals surface area contributed by atoms with Gasteiger partial charge in [-0.15, -0.1) is 0 Å². The summed E-state index contributed by atoms with van der Waals surface area (Å²) in [6.07, 6.45) is 4.97. The monoisotopic (exact) mass is 279 g/mol. The van der Waals surface area contributed by atoms with Crippen LogP contribution in [0.4, 0.5) is 0 Å². The Balaban J connectivity index is 1.67. The second-order valence-corrected chi connectivity index (χ2v) is 6.37. The lowest BCUT2D eigenvalue weighted by Gasteiger charge is -2.32. The molecule has 2 rings (SSSR count). The fourth-order valence-electron chi connectivity index (χ4n) is 2.99. The molecular formula is C16H29N3O. The van der Waals surface area contributed by atoms with Gasteiger partial charge in [0.25, 0.3) is 0 Å². The molecule has 4 nitrogen and oxygen atoms in total. The summed E-state index contributed by atoms with van der Waals surface area (Å²) >= 11 is 0. The van der Waals surface area contributed by atoms with Crippen molar-refractivity contribution in [1.29, 1.82) is 0 Å². The minimum Gasteiger partial charge on any atom is -0.352 e. The fourth-order valence-corrected chi connectivity index (χ4v) is 2.99. The minimum atomic E-state index is 0.165. The van der Waals surface area contributed by atoms with Crippen LogP contribution in [0.2, 0.25) is 0 Å². The van der Waals surface area contributed by atoms with Gasteiger partial charge >= 0.3 is 0 Å². The van der Waals surface area contributed by atoms with E-state index in [0.717, 1.165) is 50.6 Å². The maximum absolute atomic E-state index is 12.1. The van der Waals surface area contributed by atoms with E-state index in [-0.39, 0.29) is 5.91 Å². The number of hydrogen-bond donors (Lipinski definition) is 1. The molecule has 20 heavy (non-hydrogen) atoms. The third-order valence-corrected chi connectivity index (χ3v) is 4.27. The summed E-state index contributed by atoms with van der Waals surface area (Å²) < 4.78 is 0. The van der Waals surface area contributed by atoms with Crippen LogP contribution in [0.15, 0.2) is 12.2 Å². The molecule has 0 radical (unpaired) electrons. The highest BCUT2D eigenvalue weighted by Crippen LogP contribution is 2.29. The summed E-state index contributed by atoms with van der Waals surface area (Å²) in [6.45, 7) is 12.5. The molecule has 2 aliphatic rings. The van der Waals surface area contributed by atoms with Crippen molar-refractivity contribution in [3.05, 3.63) is 12.2 Å². The first-order chi connectivity index (χ1) is 9.58. The van der Waals surface area contributed by atoms with Crippen LogP contribution in [-0.2, 0) is 4.79 Å². The van der Waals surface area contributed by atoms with Crippen molar-refractivity contribution in [1.82, 2.24) is 15.1 Å². The molecule has 0 aromatic heterocycles. The average molecular weight is 279 g/mol. The van der Waals surface area contributed by atoms with E-state index < -0.39 is 0 Å². The second-order valence-electron chi connectivity index (χ2n) is 6.37. The predicted octanol–water partition coefficient (Wildman–Crippen LogP) is 1.63. The SMILES string of the molecule is C=C(C)CN(CC)CC(=O)NC1CCN(C2CC2)CC1. The Morgan fingerprint density at radius 2 is 1.90 bits per heavy atom. The number of amides is 1. The zero-order chi connectivity index (χ0) is 14.5. The molecular weight excluding hydrogens is 250 g/mol. The van der Waals surface area contributed by atoms with Crippen LogP contribution in [0.3, 0.4) is 0 Å². The topological polar surface area (TPSA) is 35.6 Å². The number of nitrogens with zero attached hydrogens (tertiary/aromatic N) is 2. The van der Waals surface area contributed by atoms with E-state index in [1.807, 2.05) is 6.92 Å². The van der Waals surface area contributed by atoms with E-state index >= 15 is 0 Å². The third kappa shape index (κ3) is 4.91. The number of hydrogen-bond acceptors (Lipinski definition) is 3. The molecule has 1 heterocycles. The van der Waals surface area contributed by atoms with Gasteiger partial charge in [0, 0.05) is 31.7 Å². The predicted molar refractivity (Wildman–Crippen MR) is 82.7 cm³/mol. The number of likely N-dealkylation sites (tertiary alicyclic amines) is 1. The molecule has 0 bridgehead atoms. The number of piperidine rings is 1. The Morgan fingerprint density at radius 3 is 2.40 bits per heavy atom. The highest BCUT2D eigenvalue weighted by atomic mass is 16.2. The van der Waals surface area contributed by atoms with Crippen LogP contribution in [0.1, 0.15) is 39.5 Å². The largest absolute Gasteiger partial charge is 0.352 e. The normalized spacial score (nSPS) is 21.1. The van der Waals surface area contributed by atoms with Crippen LogP contribution >= 0.6 is 0 Å². The van der Waals surface area contributed by atoms with Gasteiger partial charge in [-0.1, -0.05) is 19.1 Å². The summed E-state index contributed by atoms with van der Waals surface area (Å²) in [6, 6.07) is 1.24. The molecule has 0 aromatic rings. The van der Waals surface area contributed by atoms with Gasteiger partial charge in [-0.3, -0.25) is 9.69 Å². The van der Waals surface area contributed by atoms with Gasteiger partial charge in [-0.25, -0.2) is 0 Å². The Labute approximate surface area is 123 Å². The molecule has 1 aliphatic heterocycles. The molecule has 1 amide bonds. The number of carbonyl (C=O) groups excluding carboxylic acids is 1. The summed E-state index contributed by atoms with van der Waals surface area (Å²) in [5, 5.41) is 3.20. The van der Waals surface area contributed by atoms with Gasteiger partial charge in [0.1, 0.15) is 0 Å². The van der Waals surface area contributed by atoms with Crippen LogP contribution in [0.5, 0.6) is 0 Å². The zero-order valence-electron chi connectivity index (χ0n) is 13.0. The van der Waals surface area contributed by atoms with Crippen molar-refractivity contribution >= 4 is 5.91 Å². The highest BCUT2D eigenvalue weighted by molar-refractivity contribution is 5.78. The maximum atomic E-state index is 12.1. The number of rotatable bonds is 7. The zero-order valence-corrected chi connectivity index (χ0v) is 13.0. The first-order valence-electron chi connectivity index (χ1n) is 7.98. The molecule has 1 aliphatic carbocycles. The molecule has 0 atom stereocenters. The lowest BCUT2D eigenvalue weighted by Crippen LogP contribution is -2.48. The lowest BCUT2D eigenvalue weighted by atomic mass is 10.0. The third-order valence-electron chi connectivity index (χ3n) is 4.27. The fraction of sp³-hybridized carbons (Fsp3) is 0.812. The van der Waals surface area contributed by atoms with Gasteiger partial charge < -0.3 is 10.2 Å². The van der Waals surface area contributed by atoms with Crippen LogP contribution in [0, 0.1) is 0 Å². The summed E-state index contributed by atoms with van der Waals surface area (Å²) in [5.41, 5.74) is 1.11. The molecule has 0 unspecified atom stereocenters. The lowest BCUT2D eigenvalue weighted by molar-refractivity contribution is -0.123. The van der Waals surface area contributed by atoms with E-state index in [9.17, 15) is 4.79 Å². The second kappa shape index (κ2) is 7.23. The smallest absolute Gasteiger partial charge is 0.234 e. The Bertz CT molecular complexity index is 344. The molecule has 114 valence electrons. The van der Waals surface area contributed by atoms with E-state index in [1.54, 1.807) is 0 Å². The van der Waals surface area contributed by atoms with Gasteiger partial charge in [0.05, 0.1) is 6.54 Å². The first-order valence-corrected chi connectivity index (χ1v) is 7.98. The Kier molecular flexibility index (Phi) is 5.61. The van der Waals surface area contributed by atoms with E-state index in [4.69, 9.17) is 0 Å². The van der Waals surface area contributed by atoms with Gasteiger partial charge in [0.15, 0.2) is 0 Å². The molecule has 4 heteroatoms. The van der Waals surface area contributed by atoms with Gasteiger partial charge in [0.2, 0.25) is 5.91 Å². The molecule has 0 aromatic carbocycles. The quantitative estimate of drug-likeness (QED) is 0.720. The number of carbonyl (C=O) groups is 1. The van der Waals surface area contributed by atoms with Crippen molar-refractivity contribution in [2.45, 2.75) is 51.6 Å². The Hall–Kier alpha value is -0.870. The Morgan fingerprint density at radius 1 is 1.25 bits per heavy atom. The van der Waals surface area contributed by atoms with Crippen molar-refractivity contribution in [2.24, 2.45) is 0 Å². The molecule has 0 spiro atoms. The summed E-state index contributed by atoms with van der Waals surface area (Å²) in [7, 11) is 0. The van der Waals surface area contributed by atoms with Crippen molar-refractivity contribution in [3.8, 4) is 0 Å². The van der Waals surface area contributed by atoms with Crippen molar-refractivity contribution in [3.63, 3.8) is 0 Å². The summed E-state index contributed by atoms with van der Waals surface area (Å²) in [4.78, 5) is 16.8. The van der Waals surface area contributed by atoms with Gasteiger partial charge in [-0.2, -0.15) is 0 Å². The van der Waals surface area contributed by atoms with Crippen LogP contribution < -0.4 is 5.32 Å². The van der Waals surface area contributed by atoms with Gasteiger partial charge in [-0.05, 0) is 39.2 Å². The van der Waals surface area contributed by atoms with E-state index in [1.165, 1.54) is 12.8 Å². The standard InChI is InChI=1S/C16H29N3O/c1-4-18(11-13(2)3)12-16(20)17-14-7-9-19(10-8-14)15-5-6-15/h14-15H,2,4-12H2,1,3H3,(H,17,20). The molecule has 1 saturated heterocycles. The minimum absolute atomic E-state index is 0.165. The highest BCUT2D eigenvalue weighted by Gasteiger charge is 2.32. The number of nitrogens with one attached hydrogen (secondary N) is 1. The van der Waals surface area contributed by atoms with E-state index in [0.29, 0.717) is 12.6 Å². The maximum Gasteiger partial charge on any atom is 0.234 e. The van der Waals surface area contributed by atoms with Crippen LogP contribution in [0.25, 0.3) is 0 Å². The first kappa shape index (κ1) is 15.5.